The highest BCUT2D eigenvalue weighted by molar-refractivity contribution is 6.33. The minimum Gasteiger partial charge on any atom is -0.497 e. The topological polar surface area (TPSA) is 106 Å². The normalized spacial score (nSPS) is 16.8. The number of aromatic nitrogens is 2. The number of carbonyl (C=O) groups is 2. The van der Waals surface area contributed by atoms with Crippen molar-refractivity contribution in [2.45, 2.75) is 57.8 Å². The summed E-state index contributed by atoms with van der Waals surface area (Å²) in [6, 6.07) is 12.7. The minimum atomic E-state index is -0.652. The molecular formula is C30H34ClN5O4. The molecule has 40 heavy (non-hydrogen) atoms. The largest absolute Gasteiger partial charge is 0.497 e. The van der Waals surface area contributed by atoms with E-state index in [1.165, 1.54) is 0 Å². The smallest absolute Gasteiger partial charge is 0.255 e. The maximum atomic E-state index is 13.5. The van der Waals surface area contributed by atoms with E-state index in [0.717, 1.165) is 35.3 Å². The van der Waals surface area contributed by atoms with Crippen molar-refractivity contribution in [3.63, 3.8) is 0 Å². The molecule has 3 heterocycles. The fourth-order valence-corrected chi connectivity index (χ4v) is 5.36. The van der Waals surface area contributed by atoms with Crippen LogP contribution in [0.5, 0.6) is 5.75 Å². The molecule has 1 aromatic heterocycles. The summed E-state index contributed by atoms with van der Waals surface area (Å²) >= 11 is 6.48. The molecule has 2 N–H and O–H groups in total. The number of hydrogen-bond acceptors (Lipinski definition) is 7. The van der Waals surface area contributed by atoms with Gasteiger partial charge in [0, 0.05) is 36.9 Å². The van der Waals surface area contributed by atoms with Gasteiger partial charge in [0.1, 0.15) is 11.8 Å². The minimum absolute atomic E-state index is 0.194. The molecule has 0 radical (unpaired) electrons. The number of carbonyl (C=O) groups excluding carboxylic acids is 2. The SMILES string of the molecule is CC[C@@H](NC(=O)[C@@H](C)N1Cc2ccc(-c3nc(NC4CCOCC4)ncc3Cl)cc2C1=O)c1cccc(OC)c1. The van der Waals surface area contributed by atoms with Crippen LogP contribution in [-0.2, 0) is 16.1 Å². The van der Waals surface area contributed by atoms with Gasteiger partial charge in [0.2, 0.25) is 11.9 Å². The number of nitrogens with one attached hydrogen (secondary N) is 2. The van der Waals surface area contributed by atoms with Crippen molar-refractivity contribution in [2.24, 2.45) is 0 Å². The van der Waals surface area contributed by atoms with E-state index in [1.54, 1.807) is 31.2 Å². The molecule has 0 aliphatic carbocycles. The van der Waals surface area contributed by atoms with Crippen LogP contribution in [0.25, 0.3) is 11.3 Å². The monoisotopic (exact) mass is 563 g/mol. The molecule has 0 saturated carbocycles. The summed E-state index contributed by atoms with van der Waals surface area (Å²) in [6.07, 6.45) is 4.05. The van der Waals surface area contributed by atoms with Gasteiger partial charge in [0.05, 0.1) is 30.1 Å². The van der Waals surface area contributed by atoms with E-state index in [4.69, 9.17) is 21.1 Å². The standard InChI is InChI=1S/C30H34ClN5O4/c1-4-26(19-6-5-7-23(14-19)39-3)34-28(37)18(2)36-17-21-9-8-20(15-24(21)29(36)38)27-25(31)16-32-30(35-27)33-22-10-12-40-13-11-22/h5-9,14-16,18,22,26H,4,10-13,17H2,1-3H3,(H,34,37)(H,32,33,35)/t18-,26-/m1/s1. The van der Waals surface area contributed by atoms with Crippen LogP contribution in [0.1, 0.15) is 60.6 Å². The Hall–Kier alpha value is -3.69. The summed E-state index contributed by atoms with van der Waals surface area (Å²) in [5, 5.41) is 6.87. The Balaban J connectivity index is 1.30. The lowest BCUT2D eigenvalue weighted by atomic mass is 10.0. The molecule has 0 bridgehead atoms. The first-order chi connectivity index (χ1) is 19.4. The average Bonchev–Trinajstić information content (AvgIpc) is 3.32. The van der Waals surface area contributed by atoms with Crippen molar-refractivity contribution in [1.29, 1.82) is 0 Å². The molecule has 5 rings (SSSR count). The molecule has 10 heteroatoms. The summed E-state index contributed by atoms with van der Waals surface area (Å²) in [6.45, 7) is 5.54. The highest BCUT2D eigenvalue weighted by atomic mass is 35.5. The molecule has 9 nitrogen and oxygen atoms in total. The number of benzene rings is 2. The Morgan fingerprint density at radius 2 is 2.02 bits per heavy atom. The van der Waals surface area contributed by atoms with Crippen LogP contribution in [0.4, 0.5) is 5.95 Å². The van der Waals surface area contributed by atoms with E-state index >= 15 is 0 Å². The Labute approximate surface area is 239 Å². The van der Waals surface area contributed by atoms with Crippen LogP contribution in [0, 0.1) is 0 Å². The van der Waals surface area contributed by atoms with Crippen LogP contribution in [0.15, 0.2) is 48.7 Å². The lowest BCUT2D eigenvalue weighted by Crippen LogP contribution is -2.46. The van der Waals surface area contributed by atoms with Crippen molar-refractivity contribution < 1.29 is 19.1 Å². The number of anilines is 1. The van der Waals surface area contributed by atoms with Crippen molar-refractivity contribution in [1.82, 2.24) is 20.2 Å². The molecule has 0 unspecified atom stereocenters. The van der Waals surface area contributed by atoms with Gasteiger partial charge in [0.25, 0.3) is 5.91 Å². The molecule has 2 aliphatic rings. The zero-order valence-corrected chi connectivity index (χ0v) is 23.7. The molecule has 2 aliphatic heterocycles. The number of amides is 2. The number of halogens is 1. The number of ether oxygens (including phenoxy) is 2. The molecule has 2 aromatic carbocycles. The van der Waals surface area contributed by atoms with Crippen LogP contribution in [0.3, 0.4) is 0 Å². The van der Waals surface area contributed by atoms with Crippen LogP contribution in [0.2, 0.25) is 5.02 Å². The maximum Gasteiger partial charge on any atom is 0.255 e. The molecule has 1 fully saturated rings. The third-order valence-corrected chi connectivity index (χ3v) is 7.86. The predicted molar refractivity (Wildman–Crippen MR) is 153 cm³/mol. The van der Waals surface area contributed by atoms with Crippen LogP contribution >= 0.6 is 11.6 Å². The van der Waals surface area contributed by atoms with Crippen molar-refractivity contribution in [3.8, 4) is 17.0 Å². The fraction of sp³-hybridized carbons (Fsp3) is 0.400. The highest BCUT2D eigenvalue weighted by Crippen LogP contribution is 2.33. The Morgan fingerprint density at radius 3 is 2.77 bits per heavy atom. The van der Waals surface area contributed by atoms with Crippen LogP contribution in [-0.4, -0.2) is 59.1 Å². The third-order valence-electron chi connectivity index (χ3n) is 7.58. The molecule has 210 valence electrons. The van der Waals surface area contributed by atoms with Gasteiger partial charge in [-0.3, -0.25) is 9.59 Å². The second-order valence-corrected chi connectivity index (χ2v) is 10.6. The van der Waals surface area contributed by atoms with Gasteiger partial charge in [0.15, 0.2) is 0 Å². The van der Waals surface area contributed by atoms with Crippen molar-refractivity contribution in [2.75, 3.05) is 25.6 Å². The first kappa shape index (κ1) is 27.9. The van der Waals surface area contributed by atoms with E-state index in [1.807, 2.05) is 43.3 Å². The third kappa shape index (κ3) is 5.90. The first-order valence-electron chi connectivity index (χ1n) is 13.6. The number of nitrogens with zero attached hydrogens (tertiary/aromatic N) is 3. The Morgan fingerprint density at radius 1 is 1.23 bits per heavy atom. The Kier molecular flexibility index (Phi) is 8.52. The van der Waals surface area contributed by atoms with Gasteiger partial charge >= 0.3 is 0 Å². The van der Waals surface area contributed by atoms with Gasteiger partial charge in [-0.1, -0.05) is 42.8 Å². The van der Waals surface area contributed by atoms with Crippen molar-refractivity contribution >= 4 is 29.4 Å². The molecule has 2 atom stereocenters. The summed E-state index contributed by atoms with van der Waals surface area (Å²) in [7, 11) is 1.62. The molecule has 2 amide bonds. The number of rotatable bonds is 9. The molecule has 0 spiro atoms. The highest BCUT2D eigenvalue weighted by Gasteiger charge is 2.35. The quantitative estimate of drug-likeness (QED) is 0.377. The van der Waals surface area contributed by atoms with Gasteiger partial charge in [-0.2, -0.15) is 0 Å². The zero-order chi connectivity index (χ0) is 28.2. The second-order valence-electron chi connectivity index (χ2n) is 10.1. The summed E-state index contributed by atoms with van der Waals surface area (Å²) in [5.41, 5.74) is 3.63. The van der Waals surface area contributed by atoms with Crippen LogP contribution < -0.4 is 15.4 Å². The summed E-state index contributed by atoms with van der Waals surface area (Å²) in [4.78, 5) is 37.4. The molecule has 1 saturated heterocycles. The van der Waals surface area contributed by atoms with E-state index < -0.39 is 6.04 Å². The molecular weight excluding hydrogens is 530 g/mol. The van der Waals surface area contributed by atoms with Crippen molar-refractivity contribution in [3.05, 3.63) is 70.4 Å². The van der Waals surface area contributed by atoms with E-state index in [2.05, 4.69) is 20.6 Å². The number of hydrogen-bond donors (Lipinski definition) is 2. The van der Waals surface area contributed by atoms with E-state index in [9.17, 15) is 9.59 Å². The van der Waals surface area contributed by atoms with E-state index in [-0.39, 0.29) is 23.9 Å². The zero-order valence-electron chi connectivity index (χ0n) is 22.9. The average molecular weight is 564 g/mol. The van der Waals surface area contributed by atoms with E-state index in [0.29, 0.717) is 48.4 Å². The first-order valence-corrected chi connectivity index (χ1v) is 14.0. The number of fused-ring (bicyclic) bond motifs is 1. The lowest BCUT2D eigenvalue weighted by Gasteiger charge is -2.26. The summed E-state index contributed by atoms with van der Waals surface area (Å²) in [5.74, 6) is 0.819. The Bertz CT molecular complexity index is 1390. The molecule has 3 aromatic rings. The number of methoxy groups -OCH3 is 1. The second kappa shape index (κ2) is 12.2. The summed E-state index contributed by atoms with van der Waals surface area (Å²) < 4.78 is 10.8. The van der Waals surface area contributed by atoms with Gasteiger partial charge < -0.3 is 25.0 Å². The maximum absolute atomic E-state index is 13.5. The predicted octanol–water partition coefficient (Wildman–Crippen LogP) is 5.01. The van der Waals surface area contributed by atoms with Gasteiger partial charge in [-0.15, -0.1) is 0 Å². The van der Waals surface area contributed by atoms with Gasteiger partial charge in [-0.05, 0) is 55.5 Å². The lowest BCUT2D eigenvalue weighted by molar-refractivity contribution is -0.126. The van der Waals surface area contributed by atoms with Gasteiger partial charge in [-0.25, -0.2) is 9.97 Å². The fourth-order valence-electron chi connectivity index (χ4n) is 5.16.